The minimum Gasteiger partial charge on any atom is -0.377 e. The van der Waals surface area contributed by atoms with Crippen LogP contribution in [0.1, 0.15) is 56.6 Å². The van der Waals surface area contributed by atoms with E-state index < -0.39 is 0 Å². The van der Waals surface area contributed by atoms with Gasteiger partial charge in [-0.25, -0.2) is 4.79 Å². The van der Waals surface area contributed by atoms with Gasteiger partial charge in [0.15, 0.2) is 0 Å². The van der Waals surface area contributed by atoms with Crippen molar-refractivity contribution in [3.05, 3.63) is 35.4 Å². The molecule has 1 N–H and O–H groups in total. The molecule has 128 valence electrons. The summed E-state index contributed by atoms with van der Waals surface area (Å²) in [6.07, 6.45) is 7.34. The molecule has 2 rings (SSSR count). The minimum atomic E-state index is 0.0307. The van der Waals surface area contributed by atoms with Crippen molar-refractivity contribution in [2.75, 3.05) is 13.7 Å². The molecule has 0 radical (unpaired) electrons. The van der Waals surface area contributed by atoms with Crippen molar-refractivity contribution in [2.24, 2.45) is 0 Å². The van der Waals surface area contributed by atoms with Crippen LogP contribution in [0.25, 0.3) is 0 Å². The molecule has 1 fully saturated rings. The number of amides is 2. The number of nitrogens with zero attached hydrogens (tertiary/aromatic N) is 1. The van der Waals surface area contributed by atoms with E-state index in [0.29, 0.717) is 25.8 Å². The van der Waals surface area contributed by atoms with Crippen LogP contribution in [-0.4, -0.2) is 30.6 Å². The van der Waals surface area contributed by atoms with Crippen molar-refractivity contribution in [2.45, 2.75) is 64.6 Å². The SMILES string of the molecule is CCOCc1ccccc1CNC(=O)N(C)C1CCCCCC1. The average Bonchev–Trinajstić information content (AvgIpc) is 2.87. The highest BCUT2D eigenvalue weighted by molar-refractivity contribution is 5.74. The van der Waals surface area contributed by atoms with Gasteiger partial charge in [0.2, 0.25) is 0 Å². The van der Waals surface area contributed by atoms with Crippen molar-refractivity contribution in [1.82, 2.24) is 10.2 Å². The molecule has 0 heterocycles. The first-order chi connectivity index (χ1) is 11.2. The Hall–Kier alpha value is -1.55. The van der Waals surface area contributed by atoms with E-state index in [0.717, 1.165) is 24.0 Å². The number of nitrogens with one attached hydrogen (secondary N) is 1. The lowest BCUT2D eigenvalue weighted by atomic mass is 10.1. The second kappa shape index (κ2) is 9.56. The molecule has 1 aliphatic rings. The van der Waals surface area contributed by atoms with E-state index in [1.54, 1.807) is 0 Å². The largest absolute Gasteiger partial charge is 0.377 e. The second-order valence-electron chi connectivity index (χ2n) is 6.32. The van der Waals surface area contributed by atoms with Crippen LogP contribution in [0.3, 0.4) is 0 Å². The summed E-state index contributed by atoms with van der Waals surface area (Å²) in [5, 5.41) is 3.06. The highest BCUT2D eigenvalue weighted by atomic mass is 16.5. The lowest BCUT2D eigenvalue weighted by Crippen LogP contribution is -2.43. The van der Waals surface area contributed by atoms with E-state index in [1.807, 2.05) is 31.0 Å². The Labute approximate surface area is 140 Å². The Morgan fingerprint density at radius 1 is 1.17 bits per heavy atom. The van der Waals surface area contributed by atoms with E-state index in [2.05, 4.69) is 17.4 Å². The quantitative estimate of drug-likeness (QED) is 0.803. The molecule has 4 heteroatoms. The third kappa shape index (κ3) is 5.54. The van der Waals surface area contributed by atoms with Crippen molar-refractivity contribution < 1.29 is 9.53 Å². The summed E-state index contributed by atoms with van der Waals surface area (Å²) in [6.45, 7) is 3.84. The first kappa shape index (κ1) is 17.8. The van der Waals surface area contributed by atoms with Crippen molar-refractivity contribution in [3.8, 4) is 0 Å². The van der Waals surface area contributed by atoms with Gasteiger partial charge < -0.3 is 15.0 Å². The van der Waals surface area contributed by atoms with Gasteiger partial charge in [-0.05, 0) is 30.9 Å². The number of carbonyl (C=O) groups excluding carboxylic acids is 1. The van der Waals surface area contributed by atoms with Gasteiger partial charge in [0.05, 0.1) is 6.61 Å². The van der Waals surface area contributed by atoms with E-state index in [1.165, 1.54) is 25.7 Å². The van der Waals surface area contributed by atoms with Crippen LogP contribution < -0.4 is 5.32 Å². The van der Waals surface area contributed by atoms with E-state index in [-0.39, 0.29) is 6.03 Å². The molecule has 2 amide bonds. The van der Waals surface area contributed by atoms with Crippen LogP contribution in [0.5, 0.6) is 0 Å². The smallest absolute Gasteiger partial charge is 0.317 e. The summed E-state index contributed by atoms with van der Waals surface area (Å²) in [5.74, 6) is 0. The molecule has 0 spiro atoms. The van der Waals surface area contributed by atoms with Gasteiger partial charge in [-0.15, -0.1) is 0 Å². The summed E-state index contributed by atoms with van der Waals surface area (Å²) >= 11 is 0. The third-order valence-electron chi connectivity index (χ3n) is 4.70. The van der Waals surface area contributed by atoms with E-state index in [4.69, 9.17) is 4.74 Å². The van der Waals surface area contributed by atoms with Crippen LogP contribution >= 0.6 is 0 Å². The number of carbonyl (C=O) groups is 1. The number of hydrogen-bond donors (Lipinski definition) is 1. The molecule has 23 heavy (non-hydrogen) atoms. The Kier molecular flexibility index (Phi) is 7.40. The topological polar surface area (TPSA) is 41.6 Å². The molecule has 1 aromatic carbocycles. The third-order valence-corrected chi connectivity index (χ3v) is 4.70. The number of benzene rings is 1. The predicted molar refractivity (Wildman–Crippen MR) is 93.3 cm³/mol. The Morgan fingerprint density at radius 3 is 2.48 bits per heavy atom. The maximum Gasteiger partial charge on any atom is 0.317 e. The number of ether oxygens (including phenoxy) is 1. The fourth-order valence-electron chi connectivity index (χ4n) is 3.19. The molecule has 1 aromatic rings. The highest BCUT2D eigenvalue weighted by Gasteiger charge is 2.20. The summed E-state index contributed by atoms with van der Waals surface area (Å²) in [5.41, 5.74) is 2.27. The lowest BCUT2D eigenvalue weighted by Gasteiger charge is -2.27. The molecule has 0 unspecified atom stereocenters. The van der Waals surface area contributed by atoms with Gasteiger partial charge in [0.25, 0.3) is 0 Å². The molecule has 4 nitrogen and oxygen atoms in total. The Balaban J connectivity index is 1.88. The summed E-state index contributed by atoms with van der Waals surface area (Å²) in [7, 11) is 1.93. The number of hydrogen-bond acceptors (Lipinski definition) is 2. The molecular formula is C19H30N2O2. The summed E-state index contributed by atoms with van der Waals surface area (Å²) in [6, 6.07) is 8.55. The van der Waals surface area contributed by atoms with Gasteiger partial charge in [-0.1, -0.05) is 49.9 Å². The monoisotopic (exact) mass is 318 g/mol. The standard InChI is InChI=1S/C19H30N2O2/c1-3-23-15-17-11-9-8-10-16(17)14-20-19(22)21(2)18-12-6-4-5-7-13-18/h8-11,18H,3-7,12-15H2,1-2H3,(H,20,22). The molecule has 0 bridgehead atoms. The van der Waals surface area contributed by atoms with Crippen LogP contribution in [0.15, 0.2) is 24.3 Å². The van der Waals surface area contributed by atoms with Gasteiger partial charge in [0, 0.05) is 26.2 Å². The fourth-order valence-corrected chi connectivity index (χ4v) is 3.19. The second-order valence-corrected chi connectivity index (χ2v) is 6.32. The van der Waals surface area contributed by atoms with Gasteiger partial charge in [-0.3, -0.25) is 0 Å². The maximum absolute atomic E-state index is 12.4. The molecule has 0 atom stereocenters. The molecule has 0 aliphatic heterocycles. The summed E-state index contributed by atoms with van der Waals surface area (Å²) in [4.78, 5) is 14.3. The molecule has 1 aliphatic carbocycles. The Morgan fingerprint density at radius 2 is 1.83 bits per heavy atom. The first-order valence-corrected chi connectivity index (χ1v) is 8.87. The van der Waals surface area contributed by atoms with Crippen LogP contribution in [0.2, 0.25) is 0 Å². The van der Waals surface area contributed by atoms with Crippen molar-refractivity contribution in [1.29, 1.82) is 0 Å². The van der Waals surface area contributed by atoms with E-state index >= 15 is 0 Å². The summed E-state index contributed by atoms with van der Waals surface area (Å²) < 4.78 is 5.50. The molecule has 0 saturated heterocycles. The van der Waals surface area contributed by atoms with E-state index in [9.17, 15) is 4.79 Å². The zero-order valence-electron chi connectivity index (χ0n) is 14.5. The van der Waals surface area contributed by atoms with Crippen molar-refractivity contribution >= 4 is 6.03 Å². The minimum absolute atomic E-state index is 0.0307. The van der Waals surface area contributed by atoms with Gasteiger partial charge >= 0.3 is 6.03 Å². The zero-order chi connectivity index (χ0) is 16.5. The average molecular weight is 318 g/mol. The first-order valence-electron chi connectivity index (χ1n) is 8.87. The van der Waals surface area contributed by atoms with Crippen LogP contribution in [0, 0.1) is 0 Å². The highest BCUT2D eigenvalue weighted by Crippen LogP contribution is 2.21. The molecule has 0 aromatic heterocycles. The Bertz CT molecular complexity index is 482. The van der Waals surface area contributed by atoms with Crippen LogP contribution in [-0.2, 0) is 17.9 Å². The molecule has 1 saturated carbocycles. The van der Waals surface area contributed by atoms with Gasteiger partial charge in [0.1, 0.15) is 0 Å². The number of urea groups is 1. The maximum atomic E-state index is 12.4. The van der Waals surface area contributed by atoms with Crippen molar-refractivity contribution in [3.63, 3.8) is 0 Å². The van der Waals surface area contributed by atoms with Gasteiger partial charge in [-0.2, -0.15) is 0 Å². The molecular weight excluding hydrogens is 288 g/mol. The van der Waals surface area contributed by atoms with Crippen LogP contribution in [0.4, 0.5) is 4.79 Å². The zero-order valence-corrected chi connectivity index (χ0v) is 14.5. The number of rotatable bonds is 6. The normalized spacial score (nSPS) is 15.9. The lowest BCUT2D eigenvalue weighted by molar-refractivity contribution is 0.133. The fraction of sp³-hybridized carbons (Fsp3) is 0.632. The predicted octanol–water partition coefficient (Wildman–Crippen LogP) is 4.09.